The smallest absolute Gasteiger partial charge is 0.257 e. The summed E-state index contributed by atoms with van der Waals surface area (Å²) in [6.07, 6.45) is 4.37. The Morgan fingerprint density at radius 2 is 2.38 bits per heavy atom. The molecule has 3 rings (SSSR count). The van der Waals surface area contributed by atoms with Crippen molar-refractivity contribution in [1.82, 2.24) is 0 Å². The second-order valence-electron chi connectivity index (χ2n) is 4.76. The van der Waals surface area contributed by atoms with E-state index in [1.807, 2.05) is 6.07 Å². The van der Waals surface area contributed by atoms with E-state index in [2.05, 4.69) is 11.1 Å². The molecule has 0 amide bonds. The standard InChI is InChI=1S/C15H12N2O3S/c16-7-10-14(12-5-2-6-20-12)9-3-1-4-11(9)17-15(10)21-8-13(18)19/h2,5-6H,1,3-4,8H2,(H,18,19). The molecule has 1 aliphatic carbocycles. The Bertz CT molecular complexity index is 732. The minimum absolute atomic E-state index is 0.193. The van der Waals surface area contributed by atoms with Crippen LogP contribution in [0.2, 0.25) is 0 Å². The number of nitrogens with one attached hydrogen (secondary N) is 1. The van der Waals surface area contributed by atoms with E-state index in [0.717, 1.165) is 47.8 Å². The number of furan rings is 1. The molecule has 0 bridgehead atoms. The Hall–Kier alpha value is -2.26. The predicted octanol–water partition coefficient (Wildman–Crippen LogP) is 0.963. The number of carboxylic acid groups (broad SMARTS) is 1. The van der Waals surface area contributed by atoms with Gasteiger partial charge in [0, 0.05) is 17.7 Å². The molecule has 1 aliphatic rings. The van der Waals surface area contributed by atoms with E-state index in [4.69, 9.17) is 4.42 Å². The molecule has 106 valence electrons. The summed E-state index contributed by atoms with van der Waals surface area (Å²) < 4.78 is 5.46. The van der Waals surface area contributed by atoms with E-state index < -0.39 is 5.97 Å². The third-order valence-corrected chi connectivity index (χ3v) is 4.45. The van der Waals surface area contributed by atoms with E-state index >= 15 is 0 Å². The second kappa shape index (κ2) is 5.62. The van der Waals surface area contributed by atoms with Crippen LogP contribution in [0.5, 0.6) is 0 Å². The molecular weight excluding hydrogens is 288 g/mol. The van der Waals surface area contributed by atoms with E-state index in [0.29, 0.717) is 16.3 Å². The number of nitrogens with zero attached hydrogens (tertiary/aromatic N) is 1. The van der Waals surface area contributed by atoms with Crippen LogP contribution in [0.3, 0.4) is 0 Å². The normalized spacial score (nSPS) is 12.9. The van der Waals surface area contributed by atoms with Gasteiger partial charge in [-0.25, -0.2) is 4.98 Å². The summed E-state index contributed by atoms with van der Waals surface area (Å²) in [5.41, 5.74) is 3.38. The zero-order valence-corrected chi connectivity index (χ0v) is 12.0. The molecule has 6 heteroatoms. The van der Waals surface area contributed by atoms with Gasteiger partial charge in [0.2, 0.25) is 0 Å². The Morgan fingerprint density at radius 3 is 3.05 bits per heavy atom. The molecule has 0 aromatic carbocycles. The van der Waals surface area contributed by atoms with Crippen LogP contribution in [0.4, 0.5) is 0 Å². The number of fused-ring (bicyclic) bond motifs is 1. The average Bonchev–Trinajstić information content (AvgIpc) is 3.14. The first-order valence-corrected chi connectivity index (χ1v) is 7.57. The van der Waals surface area contributed by atoms with Crippen molar-refractivity contribution in [3.05, 3.63) is 35.2 Å². The molecule has 0 saturated carbocycles. The number of thioether (sulfide) groups is 1. The lowest BCUT2D eigenvalue weighted by Gasteiger charge is -2.08. The highest BCUT2D eigenvalue weighted by Crippen LogP contribution is 2.36. The molecule has 5 nitrogen and oxygen atoms in total. The Labute approximate surface area is 125 Å². The highest BCUT2D eigenvalue weighted by molar-refractivity contribution is 7.99. The number of pyridine rings is 1. The van der Waals surface area contributed by atoms with Crippen molar-refractivity contribution in [3.8, 4) is 17.4 Å². The lowest BCUT2D eigenvalue weighted by Crippen LogP contribution is -2.26. The summed E-state index contributed by atoms with van der Waals surface area (Å²) in [7, 11) is 0. The van der Waals surface area contributed by atoms with Crippen molar-refractivity contribution in [1.29, 1.82) is 5.26 Å². The molecule has 0 aliphatic heterocycles. The second-order valence-corrected chi connectivity index (χ2v) is 5.75. The number of aromatic nitrogens is 1. The molecule has 0 unspecified atom stereocenters. The lowest BCUT2D eigenvalue weighted by atomic mass is 10.0. The molecule has 1 N–H and O–H groups in total. The Kier molecular flexibility index (Phi) is 3.67. The number of aromatic amines is 1. The van der Waals surface area contributed by atoms with Gasteiger partial charge in [-0.05, 0) is 36.7 Å². The lowest BCUT2D eigenvalue weighted by molar-refractivity contribution is -0.437. The highest BCUT2D eigenvalue weighted by Gasteiger charge is 2.30. The van der Waals surface area contributed by atoms with Crippen molar-refractivity contribution in [2.24, 2.45) is 0 Å². The van der Waals surface area contributed by atoms with E-state index in [1.165, 1.54) is 0 Å². The summed E-state index contributed by atoms with van der Waals surface area (Å²) in [4.78, 5) is 13.9. The van der Waals surface area contributed by atoms with Gasteiger partial charge >= 0.3 is 0 Å². The summed E-state index contributed by atoms with van der Waals surface area (Å²) in [5.74, 6) is -0.701. The number of rotatable bonds is 4. The van der Waals surface area contributed by atoms with Gasteiger partial charge in [0.05, 0.1) is 17.8 Å². The van der Waals surface area contributed by atoms with Crippen molar-refractivity contribution < 1.29 is 19.3 Å². The number of carbonyl (C=O) groups excluding carboxylic acids is 1. The van der Waals surface area contributed by atoms with Gasteiger partial charge in [0.15, 0.2) is 5.69 Å². The molecule has 0 atom stereocenters. The van der Waals surface area contributed by atoms with Crippen LogP contribution in [-0.4, -0.2) is 11.7 Å². The number of carboxylic acids is 1. The fourth-order valence-electron chi connectivity index (χ4n) is 2.66. The van der Waals surface area contributed by atoms with Crippen LogP contribution in [0.25, 0.3) is 11.3 Å². The SMILES string of the molecule is N#Cc1c(SCC(=O)[O-])[nH+]c2c(c1-c1ccco1)CCC2. The van der Waals surface area contributed by atoms with Gasteiger partial charge in [-0.15, -0.1) is 0 Å². The van der Waals surface area contributed by atoms with E-state index in [9.17, 15) is 15.2 Å². The zero-order chi connectivity index (χ0) is 14.8. The monoisotopic (exact) mass is 300 g/mol. The summed E-state index contributed by atoms with van der Waals surface area (Å²) in [6, 6.07) is 5.78. The number of hydrogen-bond acceptors (Lipinski definition) is 5. The molecule has 0 spiro atoms. The van der Waals surface area contributed by atoms with Gasteiger partial charge in [-0.1, -0.05) is 0 Å². The van der Waals surface area contributed by atoms with Crippen LogP contribution in [-0.2, 0) is 17.6 Å². The molecule has 0 saturated heterocycles. The first kappa shape index (κ1) is 13.7. The molecule has 2 heterocycles. The van der Waals surface area contributed by atoms with Crippen LogP contribution in [0, 0.1) is 11.3 Å². The number of hydrogen-bond donors (Lipinski definition) is 0. The van der Waals surface area contributed by atoms with Crippen molar-refractivity contribution in [3.63, 3.8) is 0 Å². The highest BCUT2D eigenvalue weighted by atomic mass is 32.2. The van der Waals surface area contributed by atoms with Crippen LogP contribution >= 0.6 is 11.8 Å². The molecular formula is C15H12N2O3S. The van der Waals surface area contributed by atoms with Crippen LogP contribution < -0.4 is 10.1 Å². The van der Waals surface area contributed by atoms with Crippen molar-refractivity contribution >= 4 is 17.7 Å². The predicted molar refractivity (Wildman–Crippen MR) is 73.2 cm³/mol. The molecule has 0 fully saturated rings. The van der Waals surface area contributed by atoms with Crippen molar-refractivity contribution in [2.45, 2.75) is 24.3 Å². The van der Waals surface area contributed by atoms with Gasteiger partial charge in [-0.2, -0.15) is 5.26 Å². The fraction of sp³-hybridized carbons (Fsp3) is 0.267. The largest absolute Gasteiger partial charge is 0.549 e. The van der Waals surface area contributed by atoms with Gasteiger partial charge < -0.3 is 14.3 Å². The quantitative estimate of drug-likeness (QED) is 0.784. The number of aryl methyl sites for hydroxylation is 1. The maximum absolute atomic E-state index is 10.7. The number of nitriles is 1. The van der Waals surface area contributed by atoms with Crippen LogP contribution in [0.15, 0.2) is 27.8 Å². The van der Waals surface area contributed by atoms with Gasteiger partial charge in [-0.3, -0.25) is 0 Å². The minimum Gasteiger partial charge on any atom is -0.549 e. The van der Waals surface area contributed by atoms with Gasteiger partial charge in [0.1, 0.15) is 17.4 Å². The first-order chi connectivity index (χ1) is 10.2. The molecule has 21 heavy (non-hydrogen) atoms. The molecule has 2 aromatic rings. The molecule has 2 aromatic heterocycles. The van der Waals surface area contributed by atoms with Crippen molar-refractivity contribution in [2.75, 3.05) is 5.75 Å². The molecule has 0 radical (unpaired) electrons. The van der Waals surface area contributed by atoms with Crippen LogP contribution in [0.1, 0.15) is 23.2 Å². The Morgan fingerprint density at radius 1 is 1.52 bits per heavy atom. The third-order valence-electron chi connectivity index (χ3n) is 3.47. The third kappa shape index (κ3) is 2.52. The summed E-state index contributed by atoms with van der Waals surface area (Å²) in [6.45, 7) is 0. The summed E-state index contributed by atoms with van der Waals surface area (Å²) in [5, 5.41) is 20.7. The Balaban J connectivity index is 2.17. The first-order valence-electron chi connectivity index (χ1n) is 6.58. The number of H-pyrrole nitrogens is 1. The fourth-order valence-corrected chi connectivity index (χ4v) is 3.41. The maximum Gasteiger partial charge on any atom is 0.257 e. The topological polar surface area (TPSA) is 91.2 Å². The van der Waals surface area contributed by atoms with E-state index in [1.54, 1.807) is 12.3 Å². The van der Waals surface area contributed by atoms with Gasteiger partial charge in [0.25, 0.3) is 5.03 Å². The maximum atomic E-state index is 10.7. The minimum atomic E-state index is -1.16. The summed E-state index contributed by atoms with van der Waals surface area (Å²) >= 11 is 1.08. The zero-order valence-electron chi connectivity index (χ0n) is 11.1. The number of aliphatic carboxylic acids is 1. The number of carbonyl (C=O) groups is 1. The average molecular weight is 300 g/mol. The van der Waals surface area contributed by atoms with E-state index in [-0.39, 0.29) is 5.75 Å².